The highest BCUT2D eigenvalue weighted by Gasteiger charge is 2.19. The minimum atomic E-state index is -0.0447. The summed E-state index contributed by atoms with van der Waals surface area (Å²) in [4.78, 5) is 14.4. The average molecular weight is 385 g/mol. The SMILES string of the molecule is Cc1c(C(=O)N(C)CCC(N)C(C)C)cnn1-c1cccc(Cl)c1.Cl. The number of aromatic nitrogens is 2. The van der Waals surface area contributed by atoms with Crippen LogP contribution in [0.15, 0.2) is 30.5 Å². The molecule has 0 bridgehead atoms. The van der Waals surface area contributed by atoms with E-state index in [1.54, 1.807) is 22.8 Å². The van der Waals surface area contributed by atoms with Gasteiger partial charge in [-0.1, -0.05) is 31.5 Å². The summed E-state index contributed by atoms with van der Waals surface area (Å²) in [6.45, 7) is 6.69. The first-order valence-corrected chi connectivity index (χ1v) is 8.50. The number of hydrogen-bond acceptors (Lipinski definition) is 3. The first-order chi connectivity index (χ1) is 11.3. The Morgan fingerprint density at radius 3 is 2.68 bits per heavy atom. The molecule has 2 rings (SSSR count). The van der Waals surface area contributed by atoms with Crippen LogP contribution in [0.25, 0.3) is 5.69 Å². The van der Waals surface area contributed by atoms with Gasteiger partial charge < -0.3 is 10.6 Å². The third-order valence-corrected chi connectivity index (χ3v) is 4.53. The molecular weight excluding hydrogens is 359 g/mol. The minimum absolute atomic E-state index is 0. The van der Waals surface area contributed by atoms with Crippen molar-refractivity contribution in [1.29, 1.82) is 0 Å². The molecule has 7 heteroatoms. The summed E-state index contributed by atoms with van der Waals surface area (Å²) in [5.41, 5.74) is 8.28. The number of benzene rings is 1. The average Bonchev–Trinajstić information content (AvgIpc) is 2.92. The van der Waals surface area contributed by atoms with Crippen LogP contribution in [0.1, 0.15) is 36.3 Å². The normalized spacial score (nSPS) is 12.0. The number of nitrogens with two attached hydrogens (primary N) is 1. The molecule has 0 spiro atoms. The molecule has 2 N–H and O–H groups in total. The van der Waals surface area contributed by atoms with E-state index in [1.807, 2.05) is 31.2 Å². The Morgan fingerprint density at radius 2 is 2.08 bits per heavy atom. The van der Waals surface area contributed by atoms with Crippen LogP contribution in [0.5, 0.6) is 0 Å². The zero-order valence-electron chi connectivity index (χ0n) is 15.1. The van der Waals surface area contributed by atoms with Gasteiger partial charge in [-0.25, -0.2) is 4.68 Å². The van der Waals surface area contributed by atoms with Gasteiger partial charge in [0.1, 0.15) is 0 Å². The molecule has 25 heavy (non-hydrogen) atoms. The van der Waals surface area contributed by atoms with E-state index >= 15 is 0 Å². The number of halogens is 2. The van der Waals surface area contributed by atoms with Crippen LogP contribution in [-0.2, 0) is 0 Å². The van der Waals surface area contributed by atoms with Gasteiger partial charge in [-0.05, 0) is 37.5 Å². The summed E-state index contributed by atoms with van der Waals surface area (Å²) in [7, 11) is 1.80. The molecule has 0 radical (unpaired) electrons. The van der Waals surface area contributed by atoms with Gasteiger partial charge in [-0.3, -0.25) is 4.79 Å². The van der Waals surface area contributed by atoms with Crippen molar-refractivity contribution >= 4 is 29.9 Å². The molecule has 0 fully saturated rings. The molecule has 0 saturated carbocycles. The fraction of sp³-hybridized carbons (Fsp3) is 0.444. The van der Waals surface area contributed by atoms with Crippen LogP contribution in [-0.4, -0.2) is 40.2 Å². The molecule has 138 valence electrons. The fourth-order valence-corrected chi connectivity index (χ4v) is 2.66. The van der Waals surface area contributed by atoms with Crippen molar-refractivity contribution in [2.24, 2.45) is 11.7 Å². The van der Waals surface area contributed by atoms with Crippen molar-refractivity contribution in [3.63, 3.8) is 0 Å². The Balaban J connectivity index is 0.00000312. The van der Waals surface area contributed by atoms with Crippen molar-refractivity contribution < 1.29 is 4.79 Å². The Hall–Kier alpha value is -1.56. The number of rotatable bonds is 6. The van der Waals surface area contributed by atoms with Crippen molar-refractivity contribution in [1.82, 2.24) is 14.7 Å². The van der Waals surface area contributed by atoms with Crippen molar-refractivity contribution in [3.8, 4) is 5.69 Å². The summed E-state index contributed by atoms with van der Waals surface area (Å²) in [6, 6.07) is 7.49. The summed E-state index contributed by atoms with van der Waals surface area (Å²) in [6.07, 6.45) is 2.39. The molecule has 0 aliphatic carbocycles. The van der Waals surface area contributed by atoms with Gasteiger partial charge in [0, 0.05) is 24.7 Å². The van der Waals surface area contributed by atoms with E-state index in [0.717, 1.165) is 17.8 Å². The highest BCUT2D eigenvalue weighted by Crippen LogP contribution is 2.19. The van der Waals surface area contributed by atoms with Gasteiger partial charge in [0.2, 0.25) is 0 Å². The molecule has 0 aliphatic heterocycles. The minimum Gasteiger partial charge on any atom is -0.342 e. The Kier molecular flexibility index (Phi) is 7.93. The molecule has 0 saturated heterocycles. The van der Waals surface area contributed by atoms with Crippen LogP contribution in [0.4, 0.5) is 0 Å². The van der Waals surface area contributed by atoms with Crippen LogP contribution in [0.2, 0.25) is 5.02 Å². The third kappa shape index (κ3) is 5.21. The second-order valence-electron chi connectivity index (χ2n) is 6.46. The van der Waals surface area contributed by atoms with Gasteiger partial charge in [-0.15, -0.1) is 12.4 Å². The Bertz CT molecular complexity index is 715. The van der Waals surface area contributed by atoms with Crippen molar-refractivity contribution in [2.45, 2.75) is 33.2 Å². The van der Waals surface area contributed by atoms with Crippen molar-refractivity contribution in [2.75, 3.05) is 13.6 Å². The van der Waals surface area contributed by atoms with Crippen LogP contribution < -0.4 is 5.73 Å². The zero-order chi connectivity index (χ0) is 17.9. The van der Waals surface area contributed by atoms with E-state index in [4.69, 9.17) is 17.3 Å². The van der Waals surface area contributed by atoms with Gasteiger partial charge in [-0.2, -0.15) is 5.10 Å². The fourth-order valence-electron chi connectivity index (χ4n) is 2.47. The molecular formula is C18H26Cl2N4O. The Labute approximate surface area is 160 Å². The van der Waals surface area contributed by atoms with E-state index in [1.165, 1.54) is 0 Å². The second kappa shape index (κ2) is 9.22. The number of carbonyl (C=O) groups is 1. The Morgan fingerprint density at radius 1 is 1.40 bits per heavy atom. The smallest absolute Gasteiger partial charge is 0.257 e. The number of hydrogen-bond donors (Lipinski definition) is 1. The maximum absolute atomic E-state index is 12.7. The summed E-state index contributed by atoms with van der Waals surface area (Å²) in [5.74, 6) is 0.359. The predicted molar refractivity (Wildman–Crippen MR) is 105 cm³/mol. The largest absolute Gasteiger partial charge is 0.342 e. The van der Waals surface area contributed by atoms with Crippen LogP contribution >= 0.6 is 24.0 Å². The molecule has 1 heterocycles. The molecule has 5 nitrogen and oxygen atoms in total. The van der Waals surface area contributed by atoms with Gasteiger partial charge in [0.15, 0.2) is 0 Å². The van der Waals surface area contributed by atoms with E-state index in [2.05, 4.69) is 18.9 Å². The lowest BCUT2D eigenvalue weighted by Gasteiger charge is -2.21. The molecule has 0 aliphatic rings. The zero-order valence-corrected chi connectivity index (χ0v) is 16.6. The third-order valence-electron chi connectivity index (χ3n) is 4.29. The van der Waals surface area contributed by atoms with Gasteiger partial charge in [0.05, 0.1) is 23.1 Å². The molecule has 1 atom stereocenters. The van der Waals surface area contributed by atoms with Crippen LogP contribution in [0.3, 0.4) is 0 Å². The van der Waals surface area contributed by atoms with Crippen LogP contribution in [0, 0.1) is 12.8 Å². The number of nitrogens with zero attached hydrogens (tertiary/aromatic N) is 3. The topological polar surface area (TPSA) is 64.2 Å². The summed E-state index contributed by atoms with van der Waals surface area (Å²) < 4.78 is 1.73. The monoisotopic (exact) mass is 384 g/mol. The standard InChI is InChI=1S/C18H25ClN4O.ClH/c1-12(2)17(20)8-9-22(4)18(24)16-11-21-23(13(16)3)15-7-5-6-14(19)10-15;/h5-7,10-12,17H,8-9,20H2,1-4H3;1H. The van der Waals surface area contributed by atoms with E-state index < -0.39 is 0 Å². The van der Waals surface area contributed by atoms with E-state index in [-0.39, 0.29) is 24.4 Å². The lowest BCUT2D eigenvalue weighted by atomic mass is 10.0. The maximum atomic E-state index is 12.7. The molecule has 2 aromatic rings. The lowest BCUT2D eigenvalue weighted by molar-refractivity contribution is 0.0788. The molecule has 1 aromatic heterocycles. The maximum Gasteiger partial charge on any atom is 0.257 e. The molecule has 1 unspecified atom stereocenters. The number of amides is 1. The molecule has 1 aromatic carbocycles. The van der Waals surface area contributed by atoms with Gasteiger partial charge >= 0.3 is 0 Å². The summed E-state index contributed by atoms with van der Waals surface area (Å²) >= 11 is 6.04. The van der Waals surface area contributed by atoms with Crippen molar-refractivity contribution in [3.05, 3.63) is 46.7 Å². The number of carbonyl (C=O) groups excluding carboxylic acids is 1. The van der Waals surface area contributed by atoms with E-state index in [0.29, 0.717) is 23.0 Å². The first-order valence-electron chi connectivity index (χ1n) is 8.13. The highest BCUT2D eigenvalue weighted by atomic mass is 35.5. The quantitative estimate of drug-likeness (QED) is 0.825. The molecule has 1 amide bonds. The predicted octanol–water partition coefficient (Wildman–Crippen LogP) is 3.70. The lowest BCUT2D eigenvalue weighted by Crippen LogP contribution is -2.34. The second-order valence-corrected chi connectivity index (χ2v) is 6.90. The van der Waals surface area contributed by atoms with E-state index in [9.17, 15) is 4.79 Å². The first kappa shape index (κ1) is 21.5. The highest BCUT2D eigenvalue weighted by molar-refractivity contribution is 6.30. The van der Waals surface area contributed by atoms with Gasteiger partial charge in [0.25, 0.3) is 5.91 Å². The summed E-state index contributed by atoms with van der Waals surface area (Å²) in [5, 5.41) is 4.97.